The van der Waals surface area contributed by atoms with E-state index in [1.54, 1.807) is 13.3 Å². The third kappa shape index (κ3) is 4.99. The Morgan fingerprint density at radius 3 is 2.42 bits per heavy atom. The van der Waals surface area contributed by atoms with Gasteiger partial charge in [-0.2, -0.15) is 0 Å². The molecule has 0 heterocycles. The molecule has 0 saturated heterocycles. The molecule has 0 aromatic carbocycles. The first kappa shape index (κ1) is 11.3. The van der Waals surface area contributed by atoms with Crippen LogP contribution in [0.4, 0.5) is 4.79 Å². The van der Waals surface area contributed by atoms with Gasteiger partial charge in [0.2, 0.25) is 0 Å². The quantitative estimate of drug-likeness (QED) is 0.613. The highest BCUT2D eigenvalue weighted by molar-refractivity contribution is 5.60. The second-order valence-corrected chi connectivity index (χ2v) is 2.74. The molecule has 0 bridgehead atoms. The molecule has 0 aliphatic rings. The molecule has 0 amide bonds. The number of ether oxygens (including phenoxy) is 2. The second kappa shape index (κ2) is 5.86. The van der Waals surface area contributed by atoms with E-state index in [-0.39, 0.29) is 12.2 Å². The standard InChI is InChI=1S/C9H17O3/c1-5-7(3)11-9(10)12-8(4)6-2/h5,7-8H,6H2,1-4H3/t7-,8+/m0/s1. The van der Waals surface area contributed by atoms with E-state index in [9.17, 15) is 4.79 Å². The summed E-state index contributed by atoms with van der Waals surface area (Å²) >= 11 is 0. The maximum Gasteiger partial charge on any atom is 0.508 e. The molecule has 3 nitrogen and oxygen atoms in total. The number of hydrogen-bond donors (Lipinski definition) is 0. The summed E-state index contributed by atoms with van der Waals surface area (Å²) < 4.78 is 9.75. The minimum Gasteiger partial charge on any atom is -0.431 e. The first-order chi connectivity index (χ1) is 5.60. The van der Waals surface area contributed by atoms with Crippen LogP contribution < -0.4 is 0 Å². The van der Waals surface area contributed by atoms with Gasteiger partial charge in [0.15, 0.2) is 0 Å². The maximum absolute atomic E-state index is 10.9. The Hall–Kier alpha value is -0.730. The lowest BCUT2D eigenvalue weighted by Crippen LogP contribution is -2.19. The van der Waals surface area contributed by atoms with Crippen molar-refractivity contribution in [3.8, 4) is 0 Å². The molecule has 0 unspecified atom stereocenters. The van der Waals surface area contributed by atoms with E-state index < -0.39 is 6.16 Å². The van der Waals surface area contributed by atoms with Crippen molar-refractivity contribution in [1.29, 1.82) is 0 Å². The Kier molecular flexibility index (Phi) is 5.51. The van der Waals surface area contributed by atoms with Crippen molar-refractivity contribution in [2.75, 3.05) is 0 Å². The van der Waals surface area contributed by atoms with Crippen LogP contribution in [-0.4, -0.2) is 18.4 Å². The summed E-state index contributed by atoms with van der Waals surface area (Å²) in [7, 11) is 0. The normalized spacial score (nSPS) is 15.0. The van der Waals surface area contributed by atoms with Crippen molar-refractivity contribution in [2.24, 2.45) is 0 Å². The number of hydrogen-bond acceptors (Lipinski definition) is 3. The monoisotopic (exact) mass is 173 g/mol. The van der Waals surface area contributed by atoms with Gasteiger partial charge in [0.25, 0.3) is 0 Å². The summed E-state index contributed by atoms with van der Waals surface area (Å²) in [6.07, 6.45) is 1.76. The summed E-state index contributed by atoms with van der Waals surface area (Å²) in [4.78, 5) is 10.9. The lowest BCUT2D eigenvalue weighted by Gasteiger charge is -2.13. The highest BCUT2D eigenvalue weighted by Gasteiger charge is 2.11. The molecule has 0 aliphatic heterocycles. The van der Waals surface area contributed by atoms with Crippen molar-refractivity contribution in [2.45, 2.75) is 46.3 Å². The van der Waals surface area contributed by atoms with Crippen LogP contribution in [0.1, 0.15) is 34.1 Å². The van der Waals surface area contributed by atoms with E-state index in [0.717, 1.165) is 6.42 Å². The molecule has 0 spiro atoms. The highest BCUT2D eigenvalue weighted by atomic mass is 16.7. The summed E-state index contributed by atoms with van der Waals surface area (Å²) in [6.45, 7) is 7.41. The van der Waals surface area contributed by atoms with Gasteiger partial charge in [-0.15, -0.1) is 0 Å². The van der Waals surface area contributed by atoms with Crippen LogP contribution >= 0.6 is 0 Å². The Balaban J connectivity index is 3.59. The molecular formula is C9H17O3. The lowest BCUT2D eigenvalue weighted by atomic mass is 10.3. The predicted molar refractivity (Wildman–Crippen MR) is 46.8 cm³/mol. The van der Waals surface area contributed by atoms with Crippen LogP contribution in [-0.2, 0) is 9.47 Å². The minimum atomic E-state index is -0.588. The average Bonchev–Trinajstić information content (AvgIpc) is 2.03. The van der Waals surface area contributed by atoms with Crippen LogP contribution in [0.25, 0.3) is 0 Å². The largest absolute Gasteiger partial charge is 0.508 e. The molecule has 2 atom stereocenters. The third-order valence-corrected chi connectivity index (χ3v) is 1.62. The van der Waals surface area contributed by atoms with E-state index in [0.29, 0.717) is 0 Å². The van der Waals surface area contributed by atoms with Gasteiger partial charge in [0, 0.05) is 0 Å². The van der Waals surface area contributed by atoms with Gasteiger partial charge in [-0.25, -0.2) is 4.79 Å². The number of rotatable bonds is 4. The molecule has 0 fully saturated rings. The molecule has 12 heavy (non-hydrogen) atoms. The van der Waals surface area contributed by atoms with Crippen molar-refractivity contribution in [3.63, 3.8) is 0 Å². The van der Waals surface area contributed by atoms with Crippen molar-refractivity contribution >= 4 is 6.16 Å². The van der Waals surface area contributed by atoms with Gasteiger partial charge in [-0.3, -0.25) is 0 Å². The van der Waals surface area contributed by atoms with Crippen molar-refractivity contribution < 1.29 is 14.3 Å². The van der Waals surface area contributed by atoms with Gasteiger partial charge in [0.1, 0.15) is 12.2 Å². The van der Waals surface area contributed by atoms with Crippen LogP contribution in [0, 0.1) is 6.42 Å². The van der Waals surface area contributed by atoms with Gasteiger partial charge >= 0.3 is 6.16 Å². The van der Waals surface area contributed by atoms with Crippen molar-refractivity contribution in [3.05, 3.63) is 6.42 Å². The zero-order chi connectivity index (χ0) is 9.56. The van der Waals surface area contributed by atoms with E-state index in [4.69, 9.17) is 9.47 Å². The molecule has 71 valence electrons. The van der Waals surface area contributed by atoms with Crippen molar-refractivity contribution in [1.82, 2.24) is 0 Å². The van der Waals surface area contributed by atoms with E-state index >= 15 is 0 Å². The topological polar surface area (TPSA) is 35.5 Å². The number of carbonyl (C=O) groups excluding carboxylic acids is 1. The summed E-state index contributed by atoms with van der Waals surface area (Å²) in [5, 5.41) is 0. The van der Waals surface area contributed by atoms with Crippen LogP contribution in [0.3, 0.4) is 0 Å². The molecule has 1 radical (unpaired) electrons. The SMILES string of the molecule is C[CH][C@H](C)OC(=O)O[C@H](C)CC. The zero-order valence-corrected chi connectivity index (χ0v) is 8.16. The lowest BCUT2D eigenvalue weighted by molar-refractivity contribution is 0.0141. The Labute approximate surface area is 74.0 Å². The summed E-state index contributed by atoms with van der Waals surface area (Å²) in [6, 6.07) is 0. The smallest absolute Gasteiger partial charge is 0.431 e. The van der Waals surface area contributed by atoms with Gasteiger partial charge in [-0.05, 0) is 26.7 Å². The summed E-state index contributed by atoms with van der Waals surface area (Å²) in [5.74, 6) is 0. The molecule has 0 aromatic heterocycles. The van der Waals surface area contributed by atoms with E-state index in [2.05, 4.69) is 0 Å². The van der Waals surface area contributed by atoms with Crippen LogP contribution in [0.2, 0.25) is 0 Å². The zero-order valence-electron chi connectivity index (χ0n) is 8.16. The first-order valence-electron chi connectivity index (χ1n) is 4.26. The minimum absolute atomic E-state index is 0.0680. The first-order valence-corrected chi connectivity index (χ1v) is 4.26. The van der Waals surface area contributed by atoms with Gasteiger partial charge in [0.05, 0.1) is 0 Å². The molecule has 0 rings (SSSR count). The summed E-state index contributed by atoms with van der Waals surface area (Å²) in [5.41, 5.74) is 0. The fourth-order valence-electron chi connectivity index (χ4n) is 0.495. The Bertz CT molecular complexity index is 120. The molecular weight excluding hydrogens is 156 g/mol. The van der Waals surface area contributed by atoms with E-state index in [1.165, 1.54) is 0 Å². The Morgan fingerprint density at radius 1 is 1.42 bits per heavy atom. The van der Waals surface area contributed by atoms with E-state index in [1.807, 2.05) is 20.8 Å². The molecule has 3 heteroatoms. The molecule has 0 aliphatic carbocycles. The molecule has 0 saturated carbocycles. The molecule has 0 N–H and O–H groups in total. The number of carbonyl (C=O) groups is 1. The van der Waals surface area contributed by atoms with Crippen LogP contribution in [0.5, 0.6) is 0 Å². The fraction of sp³-hybridized carbons (Fsp3) is 0.778. The van der Waals surface area contributed by atoms with Gasteiger partial charge < -0.3 is 9.47 Å². The van der Waals surface area contributed by atoms with Gasteiger partial charge in [-0.1, -0.05) is 13.8 Å². The fourth-order valence-corrected chi connectivity index (χ4v) is 0.495. The predicted octanol–water partition coefficient (Wildman–Crippen LogP) is 2.55. The maximum atomic E-state index is 10.9. The molecule has 0 aromatic rings. The Morgan fingerprint density at radius 2 is 2.00 bits per heavy atom. The van der Waals surface area contributed by atoms with Crippen LogP contribution in [0.15, 0.2) is 0 Å². The third-order valence-electron chi connectivity index (χ3n) is 1.62. The highest BCUT2D eigenvalue weighted by Crippen LogP contribution is 2.02. The average molecular weight is 173 g/mol. The second-order valence-electron chi connectivity index (χ2n) is 2.74.